The number of rotatable bonds is 1. The van der Waals surface area contributed by atoms with Crippen molar-refractivity contribution in [3.63, 3.8) is 0 Å². The molecular weight excluding hydrogens is 128 g/mol. The van der Waals surface area contributed by atoms with Crippen molar-refractivity contribution in [2.75, 3.05) is 32.8 Å². The highest BCUT2D eigenvalue weighted by molar-refractivity contribution is 4.49. The Morgan fingerprint density at radius 3 is 2.00 bits per heavy atom. The molecule has 0 bridgehead atoms. The molecule has 3 N–H and O–H groups in total. The number of hydrogen-bond acceptors (Lipinski definition) is 3. The van der Waals surface area contributed by atoms with Crippen LogP contribution in [0.15, 0.2) is 0 Å². The number of ether oxygens (including phenoxy) is 1. The third-order valence-corrected chi connectivity index (χ3v) is 1.14. The Labute approximate surface area is 62.9 Å². The molecule has 0 aromatic heterocycles. The highest BCUT2D eigenvalue weighted by Crippen LogP contribution is 1.76. The molecule has 1 aliphatic heterocycles. The molecule has 0 amide bonds. The minimum atomic E-state index is 0.819. The average molecular weight is 146 g/mol. The smallest absolute Gasteiger partial charge is 0.0591 e. The molecule has 1 aliphatic rings. The maximum Gasteiger partial charge on any atom is 0.0591 e. The van der Waals surface area contributed by atoms with E-state index in [1.54, 1.807) is 0 Å². The Morgan fingerprint density at radius 1 is 1.40 bits per heavy atom. The van der Waals surface area contributed by atoms with Crippen LogP contribution in [-0.2, 0) is 4.74 Å². The van der Waals surface area contributed by atoms with Crippen molar-refractivity contribution in [3.05, 3.63) is 0 Å². The van der Waals surface area contributed by atoms with Gasteiger partial charge in [-0.15, -0.1) is 0 Å². The lowest BCUT2D eigenvalue weighted by Crippen LogP contribution is -2.30. The lowest BCUT2D eigenvalue weighted by atomic mass is 10.5. The van der Waals surface area contributed by atoms with Crippen molar-refractivity contribution < 1.29 is 4.74 Å². The van der Waals surface area contributed by atoms with Crippen LogP contribution in [0.2, 0.25) is 0 Å². The van der Waals surface area contributed by atoms with Crippen LogP contribution in [0, 0.1) is 0 Å². The molecule has 0 aliphatic carbocycles. The van der Waals surface area contributed by atoms with Crippen LogP contribution in [0.5, 0.6) is 0 Å². The van der Waals surface area contributed by atoms with E-state index in [1.807, 2.05) is 0 Å². The number of nitrogens with two attached hydrogens (primary N) is 1. The summed E-state index contributed by atoms with van der Waals surface area (Å²) in [4.78, 5) is 0. The van der Waals surface area contributed by atoms with Gasteiger partial charge in [-0.3, -0.25) is 0 Å². The zero-order chi connectivity index (χ0) is 7.66. The molecule has 1 heterocycles. The van der Waals surface area contributed by atoms with Gasteiger partial charge in [0.25, 0.3) is 0 Å². The van der Waals surface area contributed by atoms with Crippen molar-refractivity contribution >= 4 is 0 Å². The zero-order valence-electron chi connectivity index (χ0n) is 6.73. The Hall–Kier alpha value is -0.120. The van der Waals surface area contributed by atoms with Gasteiger partial charge in [0.05, 0.1) is 13.2 Å². The molecule has 10 heavy (non-hydrogen) atoms. The first kappa shape index (κ1) is 9.88. The summed E-state index contributed by atoms with van der Waals surface area (Å²) in [6.07, 6.45) is 1.10. The molecule has 0 aromatic carbocycles. The lowest BCUT2D eigenvalue weighted by molar-refractivity contribution is 0.109. The van der Waals surface area contributed by atoms with Gasteiger partial charge >= 0.3 is 0 Å². The van der Waals surface area contributed by atoms with E-state index < -0.39 is 0 Å². The maximum atomic E-state index is 5.03. The molecule has 1 saturated heterocycles. The predicted octanol–water partition coefficient (Wildman–Crippen LogP) is -0.0387. The SMILES string of the molecule is C1COCCN1.CCCN. The Kier molecular flexibility index (Phi) is 8.77. The second kappa shape index (κ2) is 8.88. The summed E-state index contributed by atoms with van der Waals surface area (Å²) >= 11 is 0. The zero-order valence-corrected chi connectivity index (χ0v) is 6.73. The summed E-state index contributed by atoms with van der Waals surface area (Å²) in [6.45, 7) is 6.71. The van der Waals surface area contributed by atoms with Crippen LogP contribution >= 0.6 is 0 Å². The summed E-state index contributed by atoms with van der Waals surface area (Å²) < 4.78 is 5.01. The summed E-state index contributed by atoms with van der Waals surface area (Å²) in [5.74, 6) is 0. The van der Waals surface area contributed by atoms with Crippen LogP contribution in [0.4, 0.5) is 0 Å². The van der Waals surface area contributed by atoms with Gasteiger partial charge in [-0.25, -0.2) is 0 Å². The molecule has 0 aromatic rings. The molecule has 0 saturated carbocycles. The standard InChI is InChI=1S/C4H9NO.C3H9N/c1-3-6-4-2-5-1;1-2-3-4/h5H,1-4H2;2-4H2,1H3. The van der Waals surface area contributed by atoms with Crippen molar-refractivity contribution in [1.82, 2.24) is 5.32 Å². The molecule has 0 spiro atoms. The predicted molar refractivity (Wildman–Crippen MR) is 43.0 cm³/mol. The quantitative estimate of drug-likeness (QED) is 0.546. The second-order valence-corrected chi connectivity index (χ2v) is 2.15. The molecule has 0 radical (unpaired) electrons. The molecule has 1 fully saturated rings. The van der Waals surface area contributed by atoms with Crippen molar-refractivity contribution in [1.29, 1.82) is 0 Å². The Bertz CT molecular complexity index is 42.1. The summed E-state index contributed by atoms with van der Waals surface area (Å²) in [6, 6.07) is 0. The largest absolute Gasteiger partial charge is 0.379 e. The van der Waals surface area contributed by atoms with Gasteiger partial charge in [0.1, 0.15) is 0 Å². The normalized spacial score (nSPS) is 17.4. The summed E-state index contributed by atoms with van der Waals surface area (Å²) in [7, 11) is 0. The monoisotopic (exact) mass is 146 g/mol. The molecule has 0 unspecified atom stereocenters. The highest BCUT2D eigenvalue weighted by atomic mass is 16.5. The van der Waals surface area contributed by atoms with E-state index in [4.69, 9.17) is 10.5 Å². The highest BCUT2D eigenvalue weighted by Gasteiger charge is 1.92. The third-order valence-electron chi connectivity index (χ3n) is 1.14. The molecular formula is C7H18N2O. The number of morpholine rings is 1. The molecule has 62 valence electrons. The minimum absolute atomic E-state index is 0.819. The van der Waals surface area contributed by atoms with Crippen LogP contribution in [0.3, 0.4) is 0 Å². The number of nitrogens with one attached hydrogen (secondary N) is 1. The van der Waals surface area contributed by atoms with Crippen molar-refractivity contribution in [2.24, 2.45) is 5.73 Å². The van der Waals surface area contributed by atoms with Gasteiger partial charge in [-0.05, 0) is 13.0 Å². The summed E-state index contributed by atoms with van der Waals surface area (Å²) in [5.41, 5.74) is 5.03. The van der Waals surface area contributed by atoms with Gasteiger partial charge < -0.3 is 15.8 Å². The van der Waals surface area contributed by atoms with Crippen molar-refractivity contribution in [2.45, 2.75) is 13.3 Å². The van der Waals surface area contributed by atoms with Crippen LogP contribution in [0.1, 0.15) is 13.3 Å². The maximum absolute atomic E-state index is 5.03. The first-order valence-electron chi connectivity index (χ1n) is 3.90. The molecule has 0 atom stereocenters. The van der Waals surface area contributed by atoms with Gasteiger partial charge in [0, 0.05) is 13.1 Å². The van der Waals surface area contributed by atoms with Crippen LogP contribution < -0.4 is 11.1 Å². The fourth-order valence-corrected chi connectivity index (χ4v) is 0.516. The van der Waals surface area contributed by atoms with Crippen molar-refractivity contribution in [3.8, 4) is 0 Å². The van der Waals surface area contributed by atoms with Gasteiger partial charge in [-0.1, -0.05) is 6.92 Å². The Balaban J connectivity index is 0.000000180. The van der Waals surface area contributed by atoms with E-state index in [0.717, 1.165) is 39.3 Å². The van der Waals surface area contributed by atoms with E-state index in [2.05, 4.69) is 12.2 Å². The van der Waals surface area contributed by atoms with Crippen LogP contribution in [0.25, 0.3) is 0 Å². The van der Waals surface area contributed by atoms with E-state index in [0.29, 0.717) is 0 Å². The fraction of sp³-hybridized carbons (Fsp3) is 1.00. The van der Waals surface area contributed by atoms with Gasteiger partial charge in [0.2, 0.25) is 0 Å². The third kappa shape index (κ3) is 7.88. The topological polar surface area (TPSA) is 47.3 Å². The Morgan fingerprint density at radius 2 is 1.90 bits per heavy atom. The van der Waals surface area contributed by atoms with Gasteiger partial charge in [-0.2, -0.15) is 0 Å². The summed E-state index contributed by atoms with van der Waals surface area (Å²) in [5, 5.41) is 3.16. The molecule has 3 heteroatoms. The average Bonchev–Trinajstić information content (AvgIpc) is 2.08. The minimum Gasteiger partial charge on any atom is -0.379 e. The van der Waals surface area contributed by atoms with E-state index in [1.165, 1.54) is 0 Å². The fourth-order valence-electron chi connectivity index (χ4n) is 0.516. The van der Waals surface area contributed by atoms with Crippen LogP contribution in [-0.4, -0.2) is 32.8 Å². The molecule has 1 rings (SSSR count). The van der Waals surface area contributed by atoms with E-state index >= 15 is 0 Å². The van der Waals surface area contributed by atoms with E-state index in [9.17, 15) is 0 Å². The second-order valence-electron chi connectivity index (χ2n) is 2.15. The van der Waals surface area contributed by atoms with Gasteiger partial charge in [0.15, 0.2) is 0 Å². The molecule has 3 nitrogen and oxygen atoms in total. The number of hydrogen-bond donors (Lipinski definition) is 2. The van der Waals surface area contributed by atoms with E-state index in [-0.39, 0.29) is 0 Å². The first-order valence-corrected chi connectivity index (χ1v) is 3.90. The lowest BCUT2D eigenvalue weighted by Gasteiger charge is -2.10. The first-order chi connectivity index (χ1) is 4.91.